The molecule has 1 N–H and O–H groups in total. The summed E-state index contributed by atoms with van der Waals surface area (Å²) in [5.74, 6) is 0. The van der Waals surface area contributed by atoms with E-state index < -0.39 is 10.0 Å². The van der Waals surface area contributed by atoms with Gasteiger partial charge in [-0.2, -0.15) is 12.8 Å². The fourth-order valence-corrected chi connectivity index (χ4v) is 3.96. The summed E-state index contributed by atoms with van der Waals surface area (Å²) in [4.78, 5) is 3.45. The van der Waals surface area contributed by atoms with Crippen molar-refractivity contribution in [3.05, 3.63) is 65.4 Å². The van der Waals surface area contributed by atoms with Crippen LogP contribution >= 0.6 is 0 Å². The number of aromatic nitrogens is 1. The van der Waals surface area contributed by atoms with Crippen molar-refractivity contribution in [1.29, 1.82) is 0 Å². The zero-order valence-corrected chi connectivity index (χ0v) is 12.1. The highest BCUT2D eigenvalue weighted by Gasteiger charge is 2.30. The van der Waals surface area contributed by atoms with E-state index in [4.69, 9.17) is 0 Å². The minimum absolute atomic E-state index is 0.280. The molecule has 2 heterocycles. The number of aromatic amines is 1. The number of nitrogens with zero attached hydrogens (tertiary/aromatic N) is 1. The summed E-state index contributed by atoms with van der Waals surface area (Å²) in [5.41, 5.74) is 4.10. The van der Waals surface area contributed by atoms with E-state index in [-0.39, 0.29) is 4.90 Å². The second kappa shape index (κ2) is 4.05. The van der Waals surface area contributed by atoms with Crippen LogP contribution in [0.5, 0.6) is 0 Å². The summed E-state index contributed by atoms with van der Waals surface area (Å²) in [6, 6.07) is 13.0. The minimum Gasteiger partial charge on any atom is -0.360 e. The van der Waals surface area contributed by atoms with Gasteiger partial charge in [-0.05, 0) is 25.1 Å². The highest BCUT2D eigenvalue weighted by atomic mass is 32.2. The molecule has 0 bridgehead atoms. The molecule has 104 valence electrons. The number of benzene rings is 2. The molecule has 0 aliphatic carbocycles. The Labute approximate surface area is 122 Å². The Kier molecular flexibility index (Phi) is 2.38. The van der Waals surface area contributed by atoms with Crippen molar-refractivity contribution in [2.45, 2.75) is 11.8 Å². The molecular formula is C16H12N2O2S. The third-order valence-electron chi connectivity index (χ3n) is 3.72. The molecule has 21 heavy (non-hydrogen) atoms. The summed E-state index contributed by atoms with van der Waals surface area (Å²) in [6.07, 6.45) is 1.82. The third-order valence-corrected chi connectivity index (χ3v) is 5.06. The number of H-pyrrole nitrogens is 1. The lowest BCUT2D eigenvalue weighted by Crippen LogP contribution is -1.99. The summed E-state index contributed by atoms with van der Waals surface area (Å²) >= 11 is 0. The van der Waals surface area contributed by atoms with Crippen LogP contribution in [0, 0.1) is 6.92 Å². The van der Waals surface area contributed by atoms with Gasteiger partial charge in [0.15, 0.2) is 0 Å². The number of sulfonamides is 1. The van der Waals surface area contributed by atoms with Gasteiger partial charge < -0.3 is 4.98 Å². The Morgan fingerprint density at radius 2 is 1.86 bits per heavy atom. The zero-order valence-electron chi connectivity index (χ0n) is 11.3. The van der Waals surface area contributed by atoms with Gasteiger partial charge >= 0.3 is 0 Å². The molecule has 0 radical (unpaired) electrons. The molecule has 5 heteroatoms. The normalized spacial score (nSPS) is 16.0. The summed E-state index contributed by atoms with van der Waals surface area (Å²) in [6.45, 7) is 2.01. The van der Waals surface area contributed by atoms with Gasteiger partial charge in [-0.15, -0.1) is 0 Å². The third kappa shape index (κ3) is 1.74. The molecule has 0 saturated carbocycles. The highest BCUT2D eigenvalue weighted by molar-refractivity contribution is 7.90. The van der Waals surface area contributed by atoms with Crippen molar-refractivity contribution in [2.24, 2.45) is 4.40 Å². The molecule has 1 aliphatic rings. The van der Waals surface area contributed by atoms with E-state index in [1.165, 1.54) is 0 Å². The zero-order chi connectivity index (χ0) is 14.6. The molecule has 2 aromatic carbocycles. The molecule has 0 saturated heterocycles. The van der Waals surface area contributed by atoms with Crippen LogP contribution in [-0.2, 0) is 10.0 Å². The van der Waals surface area contributed by atoms with Gasteiger partial charge in [-0.25, -0.2) is 0 Å². The van der Waals surface area contributed by atoms with Crippen molar-refractivity contribution >= 4 is 26.6 Å². The molecule has 1 aliphatic heterocycles. The quantitative estimate of drug-likeness (QED) is 0.750. The van der Waals surface area contributed by atoms with Gasteiger partial charge in [0.25, 0.3) is 10.0 Å². The summed E-state index contributed by atoms with van der Waals surface area (Å²) in [5, 5.41) is 0.987. The predicted molar refractivity (Wildman–Crippen MR) is 82.3 cm³/mol. The van der Waals surface area contributed by atoms with Crippen LogP contribution in [0.3, 0.4) is 0 Å². The van der Waals surface area contributed by atoms with Crippen LogP contribution in [-0.4, -0.2) is 19.1 Å². The maximum absolute atomic E-state index is 12.2. The average molecular weight is 296 g/mol. The molecule has 0 fully saturated rings. The van der Waals surface area contributed by atoms with Gasteiger partial charge in [0.2, 0.25) is 0 Å². The molecular weight excluding hydrogens is 284 g/mol. The van der Waals surface area contributed by atoms with Gasteiger partial charge in [0.05, 0.1) is 10.6 Å². The number of hydrogen-bond acceptors (Lipinski definition) is 2. The maximum Gasteiger partial charge on any atom is 0.283 e. The molecule has 0 spiro atoms. The van der Waals surface area contributed by atoms with E-state index in [0.29, 0.717) is 11.3 Å². The van der Waals surface area contributed by atoms with Gasteiger partial charge in [-0.1, -0.05) is 29.8 Å². The van der Waals surface area contributed by atoms with E-state index in [9.17, 15) is 8.42 Å². The fourth-order valence-electron chi connectivity index (χ4n) is 2.73. The van der Waals surface area contributed by atoms with E-state index in [0.717, 1.165) is 22.0 Å². The SMILES string of the molecule is Cc1ccc2[nH]cc(C3=NS(=O)(=O)c4ccccc43)c2c1. The van der Waals surface area contributed by atoms with E-state index in [1.807, 2.05) is 37.4 Å². The maximum atomic E-state index is 12.2. The number of rotatable bonds is 1. The Bertz CT molecular complexity index is 1010. The smallest absolute Gasteiger partial charge is 0.283 e. The molecule has 0 unspecified atom stereocenters. The van der Waals surface area contributed by atoms with Crippen LogP contribution in [0.15, 0.2) is 58.0 Å². The van der Waals surface area contributed by atoms with Crippen LogP contribution in [0.2, 0.25) is 0 Å². The van der Waals surface area contributed by atoms with E-state index in [1.54, 1.807) is 18.2 Å². The van der Waals surface area contributed by atoms with E-state index >= 15 is 0 Å². The molecule has 1 aromatic heterocycles. The summed E-state index contributed by atoms with van der Waals surface area (Å²) < 4.78 is 28.3. The van der Waals surface area contributed by atoms with Gasteiger partial charge in [0.1, 0.15) is 0 Å². The molecule has 0 amide bonds. The number of hydrogen-bond donors (Lipinski definition) is 1. The Morgan fingerprint density at radius 1 is 1.05 bits per heavy atom. The first-order valence-electron chi connectivity index (χ1n) is 6.59. The first-order valence-corrected chi connectivity index (χ1v) is 8.03. The molecule has 4 rings (SSSR count). The lowest BCUT2D eigenvalue weighted by atomic mass is 10.0. The lowest BCUT2D eigenvalue weighted by molar-refractivity contribution is 0.599. The second-order valence-corrected chi connectivity index (χ2v) is 6.74. The minimum atomic E-state index is -3.59. The standard InChI is InChI=1S/C16H12N2O2S/c1-10-6-7-14-12(8-10)13(9-17-14)16-11-4-2-3-5-15(11)21(19,20)18-16/h2-9,17H,1H3. The topological polar surface area (TPSA) is 62.3 Å². The first-order chi connectivity index (χ1) is 10.1. The van der Waals surface area contributed by atoms with Crippen molar-refractivity contribution in [3.63, 3.8) is 0 Å². The molecule has 4 nitrogen and oxygen atoms in total. The highest BCUT2D eigenvalue weighted by Crippen LogP contribution is 2.31. The number of aryl methyl sites for hydroxylation is 1. The van der Waals surface area contributed by atoms with Crippen molar-refractivity contribution in [1.82, 2.24) is 4.98 Å². The average Bonchev–Trinajstić information content (AvgIpc) is 2.98. The molecule has 3 aromatic rings. The van der Waals surface area contributed by atoms with Crippen molar-refractivity contribution in [2.75, 3.05) is 0 Å². The van der Waals surface area contributed by atoms with Gasteiger partial charge in [0, 0.05) is 28.2 Å². The van der Waals surface area contributed by atoms with Gasteiger partial charge in [-0.3, -0.25) is 0 Å². The predicted octanol–water partition coefficient (Wildman–Crippen LogP) is 3.02. The number of nitrogens with one attached hydrogen (secondary N) is 1. The largest absolute Gasteiger partial charge is 0.360 e. The van der Waals surface area contributed by atoms with Crippen LogP contribution in [0.25, 0.3) is 10.9 Å². The van der Waals surface area contributed by atoms with Crippen LogP contribution < -0.4 is 0 Å². The fraction of sp³-hybridized carbons (Fsp3) is 0.0625. The summed E-state index contributed by atoms with van der Waals surface area (Å²) in [7, 11) is -3.59. The van der Waals surface area contributed by atoms with Crippen LogP contribution in [0.1, 0.15) is 16.7 Å². The van der Waals surface area contributed by atoms with Crippen molar-refractivity contribution < 1.29 is 8.42 Å². The number of fused-ring (bicyclic) bond motifs is 2. The van der Waals surface area contributed by atoms with Crippen molar-refractivity contribution in [3.8, 4) is 0 Å². The second-order valence-electron chi connectivity index (χ2n) is 5.16. The van der Waals surface area contributed by atoms with E-state index in [2.05, 4.69) is 9.38 Å². The Morgan fingerprint density at radius 3 is 2.71 bits per heavy atom. The Hall–Kier alpha value is -2.40. The van der Waals surface area contributed by atoms with Crippen LogP contribution in [0.4, 0.5) is 0 Å². The first kappa shape index (κ1) is 12.3. The lowest BCUT2D eigenvalue weighted by Gasteiger charge is -2.01. The Balaban J connectivity index is 2.05. The monoisotopic (exact) mass is 296 g/mol. The molecule has 0 atom stereocenters.